The highest BCUT2D eigenvalue weighted by atomic mass is 29.3. The Labute approximate surface area is 291 Å². The van der Waals surface area contributed by atoms with Crippen LogP contribution >= 0.6 is 0 Å². The van der Waals surface area contributed by atoms with Crippen LogP contribution < -0.4 is 40.6 Å². The third-order valence-corrected chi connectivity index (χ3v) is 27.1. The van der Waals surface area contributed by atoms with Crippen LogP contribution in [-0.4, -0.2) is 22.3 Å². The first-order chi connectivity index (χ1) is 24.1. The number of para-hydroxylation sites is 1. The van der Waals surface area contributed by atoms with Crippen molar-refractivity contribution in [1.82, 2.24) is 0 Å². The molecule has 0 saturated carbocycles. The molecule has 238 valence electrons. The van der Waals surface area contributed by atoms with E-state index < -0.39 is 15.2 Å². The van der Waals surface area contributed by atoms with Gasteiger partial charge in [-0.15, -0.1) is 0 Å². The maximum absolute atomic E-state index is 6.67. The van der Waals surface area contributed by atoms with E-state index in [-0.39, 0.29) is 0 Å². The highest BCUT2D eigenvalue weighted by Crippen LogP contribution is 2.39. The molecule has 4 heteroatoms. The maximum Gasteiger partial charge on any atom is 0.155 e. The summed E-state index contributed by atoms with van der Waals surface area (Å²) < 4.78 is 12.7. The molecule has 0 bridgehead atoms. The molecule has 1 aliphatic rings. The second-order valence-corrected chi connectivity index (χ2v) is 23.8. The van der Waals surface area contributed by atoms with Gasteiger partial charge in [-0.2, -0.15) is 0 Å². The molecule has 2 nitrogen and oxygen atoms in total. The Morgan fingerprint density at radius 2 is 0.714 bits per heavy atom. The number of rotatable bonds is 7. The van der Waals surface area contributed by atoms with Gasteiger partial charge in [-0.25, -0.2) is 0 Å². The summed E-state index contributed by atoms with van der Waals surface area (Å²) in [7, 11) is -4.25. The highest BCUT2D eigenvalue weighted by Gasteiger charge is 2.65. The van der Waals surface area contributed by atoms with Gasteiger partial charge in [0.1, 0.15) is 17.2 Å². The van der Waals surface area contributed by atoms with Crippen LogP contribution in [0.5, 0.6) is 17.2 Å². The summed E-state index contributed by atoms with van der Waals surface area (Å²) in [5.74, 6) is 2.59. The van der Waals surface area contributed by atoms with Gasteiger partial charge in [-0.1, -0.05) is 172 Å². The van der Waals surface area contributed by atoms with E-state index in [2.05, 4.69) is 159 Å². The van der Waals surface area contributed by atoms with E-state index in [0.717, 1.165) is 28.4 Å². The molecule has 0 unspecified atom stereocenters. The molecule has 0 amide bonds. The second kappa shape index (κ2) is 12.5. The molecule has 1 aliphatic heterocycles. The van der Waals surface area contributed by atoms with E-state index >= 15 is 0 Å². The third kappa shape index (κ3) is 4.74. The zero-order chi connectivity index (χ0) is 33.4. The number of aryl methyl sites for hydroxylation is 2. The molecule has 49 heavy (non-hydrogen) atoms. The van der Waals surface area contributed by atoms with Crippen molar-refractivity contribution in [2.45, 2.75) is 13.8 Å². The largest absolute Gasteiger partial charge is 0.496 e. The predicted molar refractivity (Wildman–Crippen MR) is 209 cm³/mol. The summed E-state index contributed by atoms with van der Waals surface area (Å²) >= 11 is 0. The van der Waals surface area contributed by atoms with Crippen LogP contribution in [0.1, 0.15) is 11.1 Å². The number of hydrogen-bond donors (Lipinski definition) is 0. The first kappa shape index (κ1) is 30.9. The zero-order valence-electron chi connectivity index (χ0n) is 28.1. The molecule has 0 radical (unpaired) electrons. The standard InChI is InChI=1S/C45H38O2Si2/c1-33-29-44-40(31-42(33)46-3)41-32-43(47-35-19-9-4-10-20-35)34(2)30-45(41)49(38-25-15-7-16-26-38,39-27-17-8-18-28-39)48(44,36-21-11-5-12-22-36)37-23-13-6-14-24-37/h4-32H,1-3H3. The van der Waals surface area contributed by atoms with E-state index in [1.807, 2.05) is 30.3 Å². The summed E-state index contributed by atoms with van der Waals surface area (Å²) in [6.07, 6.45) is 0. The van der Waals surface area contributed by atoms with Gasteiger partial charge in [0.05, 0.1) is 7.11 Å². The lowest BCUT2D eigenvalue weighted by atomic mass is 10.0. The zero-order valence-corrected chi connectivity index (χ0v) is 30.1. The first-order valence-corrected chi connectivity index (χ1v) is 21.9. The van der Waals surface area contributed by atoms with Crippen LogP contribution in [0.25, 0.3) is 11.1 Å². The lowest BCUT2D eigenvalue weighted by molar-refractivity contribution is 0.412. The van der Waals surface area contributed by atoms with Gasteiger partial charge >= 0.3 is 0 Å². The van der Waals surface area contributed by atoms with E-state index in [1.165, 1.54) is 42.2 Å². The summed E-state index contributed by atoms with van der Waals surface area (Å²) in [6.45, 7) is 4.39. The monoisotopic (exact) mass is 666 g/mol. The summed E-state index contributed by atoms with van der Waals surface area (Å²) in [4.78, 5) is 0. The minimum atomic E-state index is -3.02. The van der Waals surface area contributed by atoms with Gasteiger partial charge in [0.15, 0.2) is 15.2 Å². The molecular weight excluding hydrogens is 629 g/mol. The van der Waals surface area contributed by atoms with Crippen LogP contribution in [0.4, 0.5) is 0 Å². The van der Waals surface area contributed by atoms with Gasteiger partial charge in [0.2, 0.25) is 0 Å². The van der Waals surface area contributed by atoms with E-state index in [0.29, 0.717) is 0 Å². The van der Waals surface area contributed by atoms with Crippen molar-refractivity contribution >= 4 is 46.3 Å². The Kier molecular flexibility index (Phi) is 7.91. The number of hydrogen-bond acceptors (Lipinski definition) is 2. The van der Waals surface area contributed by atoms with Crippen molar-refractivity contribution in [3.63, 3.8) is 0 Å². The highest BCUT2D eigenvalue weighted by molar-refractivity contribution is 7.68. The fraction of sp³-hybridized carbons (Fsp3) is 0.0667. The summed E-state index contributed by atoms with van der Waals surface area (Å²) in [5, 5.41) is 8.50. The van der Waals surface area contributed by atoms with E-state index in [9.17, 15) is 0 Å². The minimum absolute atomic E-state index is 0.829. The van der Waals surface area contributed by atoms with Gasteiger partial charge in [0, 0.05) is 0 Å². The minimum Gasteiger partial charge on any atom is -0.496 e. The molecule has 8 rings (SSSR count). The van der Waals surface area contributed by atoms with Gasteiger partial charge in [-0.05, 0) is 70.7 Å². The Morgan fingerprint density at radius 1 is 0.388 bits per heavy atom. The van der Waals surface area contributed by atoms with Crippen molar-refractivity contribution in [1.29, 1.82) is 0 Å². The van der Waals surface area contributed by atoms with Gasteiger partial charge in [-0.3, -0.25) is 0 Å². The van der Waals surface area contributed by atoms with Crippen LogP contribution in [0.2, 0.25) is 0 Å². The second-order valence-electron chi connectivity index (χ2n) is 12.9. The molecule has 0 saturated heterocycles. The van der Waals surface area contributed by atoms with Gasteiger partial charge in [0.25, 0.3) is 0 Å². The molecular formula is C45H38O2Si2. The summed E-state index contributed by atoms with van der Waals surface area (Å²) in [5.41, 5.74) is 4.71. The number of fused-ring (bicyclic) bond motifs is 3. The van der Waals surface area contributed by atoms with Crippen LogP contribution in [0.3, 0.4) is 0 Å². The molecule has 0 aromatic heterocycles. The topological polar surface area (TPSA) is 18.5 Å². The van der Waals surface area contributed by atoms with Crippen LogP contribution in [0, 0.1) is 13.8 Å². The number of benzene rings is 7. The molecule has 7 aromatic carbocycles. The Balaban J connectivity index is 1.64. The lowest BCUT2D eigenvalue weighted by Crippen LogP contribution is -2.95. The average molecular weight is 667 g/mol. The molecule has 0 fully saturated rings. The van der Waals surface area contributed by atoms with Crippen molar-refractivity contribution in [2.24, 2.45) is 0 Å². The quantitative estimate of drug-likeness (QED) is 0.174. The molecule has 0 N–H and O–H groups in total. The van der Waals surface area contributed by atoms with E-state index in [1.54, 1.807) is 7.11 Å². The maximum atomic E-state index is 6.67. The molecule has 0 atom stereocenters. The smallest absolute Gasteiger partial charge is 0.155 e. The number of ether oxygens (including phenoxy) is 2. The molecule has 1 heterocycles. The normalized spacial score (nSPS) is 13.9. The van der Waals surface area contributed by atoms with Gasteiger partial charge < -0.3 is 9.47 Å². The number of methoxy groups -OCH3 is 1. The Bertz CT molecular complexity index is 2160. The van der Waals surface area contributed by atoms with E-state index in [4.69, 9.17) is 9.47 Å². The fourth-order valence-electron chi connectivity index (χ4n) is 8.37. The predicted octanol–water partition coefficient (Wildman–Crippen LogP) is 6.80. The van der Waals surface area contributed by atoms with Crippen molar-refractivity contribution in [3.8, 4) is 28.4 Å². The van der Waals surface area contributed by atoms with Crippen molar-refractivity contribution in [2.75, 3.05) is 7.11 Å². The summed E-state index contributed by atoms with van der Waals surface area (Å²) in [6, 6.07) is 65.4. The SMILES string of the molecule is COc1cc2c(cc1C)[Si](c1ccccc1)(c1ccccc1)[Si](c1ccccc1)(c1ccccc1)c1cc(C)c(Oc3ccccc3)cc1-2. The van der Waals surface area contributed by atoms with Crippen LogP contribution in [0.15, 0.2) is 176 Å². The first-order valence-electron chi connectivity index (χ1n) is 16.9. The Morgan fingerprint density at radius 3 is 1.08 bits per heavy atom. The molecule has 0 spiro atoms. The average Bonchev–Trinajstić information content (AvgIpc) is 3.16. The van der Waals surface area contributed by atoms with Crippen molar-refractivity contribution < 1.29 is 9.47 Å². The Hall–Kier alpha value is -5.43. The van der Waals surface area contributed by atoms with Crippen LogP contribution in [-0.2, 0) is 0 Å². The lowest BCUT2D eigenvalue weighted by Gasteiger charge is -2.54. The fourth-order valence-corrected chi connectivity index (χ4v) is 28.5. The van der Waals surface area contributed by atoms with Crippen molar-refractivity contribution in [3.05, 3.63) is 187 Å². The molecule has 7 aromatic rings. The third-order valence-electron chi connectivity index (χ3n) is 10.3. The molecule has 0 aliphatic carbocycles.